The smallest absolute Gasteiger partial charge is 0.0489 e. The Balaban J connectivity index is 2.32. The Morgan fingerprint density at radius 3 is 3.06 bits per heavy atom. The van der Waals surface area contributed by atoms with Gasteiger partial charge in [-0.25, -0.2) is 0 Å². The van der Waals surface area contributed by atoms with Crippen LogP contribution in [-0.2, 0) is 0 Å². The van der Waals surface area contributed by atoms with Gasteiger partial charge in [0.1, 0.15) is 0 Å². The van der Waals surface area contributed by atoms with Gasteiger partial charge in [-0.3, -0.25) is 4.98 Å². The third-order valence-electron chi connectivity index (χ3n) is 3.31. The third kappa shape index (κ3) is 2.08. The van der Waals surface area contributed by atoms with Gasteiger partial charge >= 0.3 is 0 Å². The molecule has 1 aromatic rings. The summed E-state index contributed by atoms with van der Waals surface area (Å²) in [5.74, 6) is 0.751. The molecular formula is C13H19N3. The van der Waals surface area contributed by atoms with Crippen molar-refractivity contribution in [2.24, 2.45) is 5.92 Å². The van der Waals surface area contributed by atoms with Gasteiger partial charge in [-0.15, -0.1) is 0 Å². The molecule has 0 aliphatic carbocycles. The van der Waals surface area contributed by atoms with E-state index in [0.717, 1.165) is 30.3 Å². The maximum absolute atomic E-state index is 7.50. The van der Waals surface area contributed by atoms with Gasteiger partial charge in [0.15, 0.2) is 0 Å². The molecule has 1 atom stereocenters. The third-order valence-corrected chi connectivity index (χ3v) is 3.31. The number of piperidine rings is 1. The Labute approximate surface area is 97.0 Å². The maximum Gasteiger partial charge on any atom is 0.0489 e. The molecule has 3 heteroatoms. The second kappa shape index (κ2) is 4.64. The Kier molecular flexibility index (Phi) is 3.22. The van der Waals surface area contributed by atoms with Crippen molar-refractivity contribution >= 4 is 11.9 Å². The molecule has 0 spiro atoms. The Bertz CT molecular complexity index is 387. The van der Waals surface area contributed by atoms with Crippen LogP contribution in [0.2, 0.25) is 0 Å². The van der Waals surface area contributed by atoms with E-state index in [1.165, 1.54) is 24.7 Å². The van der Waals surface area contributed by atoms with E-state index in [-0.39, 0.29) is 0 Å². The number of nitrogens with one attached hydrogen (secondary N) is 1. The average molecular weight is 217 g/mol. The molecule has 1 saturated heterocycles. The van der Waals surface area contributed by atoms with E-state index in [1.54, 1.807) is 0 Å². The number of pyridine rings is 1. The van der Waals surface area contributed by atoms with E-state index in [2.05, 4.69) is 16.8 Å². The molecule has 1 aliphatic heterocycles. The largest absolute Gasteiger partial charge is 0.371 e. The highest BCUT2D eigenvalue weighted by atomic mass is 15.1. The second-order valence-electron chi connectivity index (χ2n) is 4.67. The lowest BCUT2D eigenvalue weighted by atomic mass is 9.99. The van der Waals surface area contributed by atoms with Crippen molar-refractivity contribution in [1.82, 2.24) is 4.98 Å². The molecule has 2 heterocycles. The van der Waals surface area contributed by atoms with Gasteiger partial charge in [-0.05, 0) is 31.7 Å². The van der Waals surface area contributed by atoms with Crippen molar-refractivity contribution in [3.63, 3.8) is 0 Å². The van der Waals surface area contributed by atoms with E-state index in [1.807, 2.05) is 19.2 Å². The van der Waals surface area contributed by atoms with Crippen molar-refractivity contribution in [1.29, 1.82) is 5.41 Å². The maximum atomic E-state index is 7.50. The molecule has 2 rings (SSSR count). The number of anilines is 1. The van der Waals surface area contributed by atoms with Gasteiger partial charge in [0.05, 0.1) is 0 Å². The summed E-state index contributed by atoms with van der Waals surface area (Å²) in [7, 11) is 0. The van der Waals surface area contributed by atoms with Crippen LogP contribution in [-0.4, -0.2) is 24.3 Å². The Morgan fingerprint density at radius 1 is 1.56 bits per heavy atom. The predicted octanol–water partition coefficient (Wildman–Crippen LogP) is 2.62. The highest BCUT2D eigenvalue weighted by molar-refractivity contribution is 5.87. The van der Waals surface area contributed by atoms with Crippen molar-refractivity contribution < 1.29 is 0 Å². The number of aryl methyl sites for hydroxylation is 1. The zero-order valence-electron chi connectivity index (χ0n) is 10.0. The van der Waals surface area contributed by atoms with Gasteiger partial charge in [-0.2, -0.15) is 0 Å². The average Bonchev–Trinajstić information content (AvgIpc) is 2.28. The Morgan fingerprint density at radius 2 is 2.38 bits per heavy atom. The van der Waals surface area contributed by atoms with Crippen LogP contribution in [0, 0.1) is 18.3 Å². The quantitative estimate of drug-likeness (QED) is 0.773. The Hall–Kier alpha value is -1.38. The summed E-state index contributed by atoms with van der Waals surface area (Å²) in [5.41, 5.74) is 3.09. The molecule has 86 valence electrons. The predicted molar refractivity (Wildman–Crippen MR) is 67.5 cm³/mol. The van der Waals surface area contributed by atoms with E-state index >= 15 is 0 Å². The fourth-order valence-corrected chi connectivity index (χ4v) is 2.43. The first-order chi connectivity index (χ1) is 7.72. The normalized spacial score (nSPS) is 20.9. The SMILES string of the molecule is Cc1nccc(N2CCCC(C)C2)c1C=N. The molecule has 1 fully saturated rings. The zero-order chi connectivity index (χ0) is 11.5. The van der Waals surface area contributed by atoms with Crippen molar-refractivity contribution in [2.75, 3.05) is 18.0 Å². The molecule has 0 amide bonds. The first-order valence-corrected chi connectivity index (χ1v) is 5.93. The monoisotopic (exact) mass is 217 g/mol. The van der Waals surface area contributed by atoms with Crippen LogP contribution in [0.1, 0.15) is 31.0 Å². The van der Waals surface area contributed by atoms with Crippen LogP contribution >= 0.6 is 0 Å². The highest BCUT2D eigenvalue weighted by Crippen LogP contribution is 2.26. The van der Waals surface area contributed by atoms with Crippen LogP contribution in [0.5, 0.6) is 0 Å². The number of hydrogen-bond donors (Lipinski definition) is 1. The molecule has 0 aromatic carbocycles. The summed E-state index contributed by atoms with van der Waals surface area (Å²) < 4.78 is 0. The summed E-state index contributed by atoms with van der Waals surface area (Å²) in [6.45, 7) is 6.47. The number of rotatable bonds is 2. The van der Waals surface area contributed by atoms with Gasteiger partial charge < -0.3 is 10.3 Å². The van der Waals surface area contributed by atoms with Crippen molar-refractivity contribution in [3.8, 4) is 0 Å². The van der Waals surface area contributed by atoms with E-state index in [9.17, 15) is 0 Å². The minimum Gasteiger partial charge on any atom is -0.371 e. The van der Waals surface area contributed by atoms with Gasteiger partial charge in [0.25, 0.3) is 0 Å². The molecule has 1 aliphatic rings. The number of aromatic nitrogens is 1. The van der Waals surface area contributed by atoms with Crippen LogP contribution in [0.15, 0.2) is 12.3 Å². The standard InChI is InChI=1S/C13H19N3/c1-10-4-3-7-16(9-10)13-5-6-15-11(2)12(13)8-14/h5-6,8,10,14H,3-4,7,9H2,1-2H3. The van der Waals surface area contributed by atoms with Crippen LogP contribution in [0.4, 0.5) is 5.69 Å². The molecule has 16 heavy (non-hydrogen) atoms. The molecule has 0 radical (unpaired) electrons. The lowest BCUT2D eigenvalue weighted by molar-refractivity contribution is 0.446. The van der Waals surface area contributed by atoms with E-state index in [4.69, 9.17) is 5.41 Å². The first-order valence-electron chi connectivity index (χ1n) is 5.93. The zero-order valence-corrected chi connectivity index (χ0v) is 10.0. The first kappa shape index (κ1) is 11.1. The molecule has 1 aromatic heterocycles. The summed E-state index contributed by atoms with van der Waals surface area (Å²) in [6, 6.07) is 2.03. The van der Waals surface area contributed by atoms with Gasteiger partial charge in [-0.1, -0.05) is 6.92 Å². The lowest BCUT2D eigenvalue weighted by Gasteiger charge is -2.33. The molecule has 0 saturated carbocycles. The van der Waals surface area contributed by atoms with Crippen molar-refractivity contribution in [2.45, 2.75) is 26.7 Å². The molecular weight excluding hydrogens is 198 g/mol. The molecule has 0 bridgehead atoms. The molecule has 1 unspecified atom stereocenters. The second-order valence-corrected chi connectivity index (χ2v) is 4.67. The summed E-state index contributed by atoms with van der Waals surface area (Å²) in [4.78, 5) is 6.64. The number of hydrogen-bond acceptors (Lipinski definition) is 3. The minimum absolute atomic E-state index is 0.751. The van der Waals surface area contributed by atoms with Gasteiger partial charge in [0, 0.05) is 42.4 Å². The highest BCUT2D eigenvalue weighted by Gasteiger charge is 2.19. The molecule has 3 nitrogen and oxygen atoms in total. The van der Waals surface area contributed by atoms with E-state index < -0.39 is 0 Å². The lowest BCUT2D eigenvalue weighted by Crippen LogP contribution is -2.35. The van der Waals surface area contributed by atoms with E-state index in [0.29, 0.717) is 0 Å². The fraction of sp³-hybridized carbons (Fsp3) is 0.538. The fourth-order valence-electron chi connectivity index (χ4n) is 2.43. The van der Waals surface area contributed by atoms with Crippen LogP contribution in [0.25, 0.3) is 0 Å². The summed E-state index contributed by atoms with van der Waals surface area (Å²) in [6.07, 6.45) is 5.84. The number of nitrogens with zero attached hydrogens (tertiary/aromatic N) is 2. The minimum atomic E-state index is 0.751. The van der Waals surface area contributed by atoms with Gasteiger partial charge in [0.2, 0.25) is 0 Å². The van der Waals surface area contributed by atoms with Crippen LogP contribution in [0.3, 0.4) is 0 Å². The summed E-state index contributed by atoms with van der Waals surface area (Å²) >= 11 is 0. The topological polar surface area (TPSA) is 40.0 Å². The summed E-state index contributed by atoms with van der Waals surface area (Å²) in [5, 5.41) is 7.50. The molecule has 1 N–H and O–H groups in total. The van der Waals surface area contributed by atoms with Crippen LogP contribution < -0.4 is 4.90 Å². The van der Waals surface area contributed by atoms with Crippen molar-refractivity contribution in [3.05, 3.63) is 23.5 Å².